The molecule has 4 heterocycles. The molecule has 7 rings (SSSR count). The number of hydrogen-bond acceptors (Lipinski definition) is 9. The second-order valence-corrected chi connectivity index (χ2v) is 13.0. The number of carbonyl (C=O) groups excluding carboxylic acids is 1. The van der Waals surface area contributed by atoms with Crippen molar-refractivity contribution in [2.45, 2.75) is 38.5 Å². The monoisotopic (exact) mass is 671 g/mol. The second-order valence-electron chi connectivity index (χ2n) is 13.0. The zero-order chi connectivity index (χ0) is 34.6. The van der Waals surface area contributed by atoms with Gasteiger partial charge in [0, 0.05) is 37.4 Å². The zero-order valence-corrected chi connectivity index (χ0v) is 28.7. The fourth-order valence-electron chi connectivity index (χ4n) is 7.16. The van der Waals surface area contributed by atoms with Crippen LogP contribution in [-0.4, -0.2) is 96.4 Å². The van der Waals surface area contributed by atoms with E-state index in [0.29, 0.717) is 54.4 Å². The lowest BCUT2D eigenvalue weighted by atomic mass is 9.97. The van der Waals surface area contributed by atoms with Gasteiger partial charge in [-0.2, -0.15) is 9.97 Å². The Morgan fingerprint density at radius 2 is 1.82 bits per heavy atom. The van der Waals surface area contributed by atoms with Crippen LogP contribution in [0.5, 0.6) is 11.8 Å². The van der Waals surface area contributed by atoms with Gasteiger partial charge in [0.05, 0.1) is 12.5 Å². The fraction of sp³-hybridized carbons (Fsp3) is 0.359. The number of carbonyl (C=O) groups is 1. The van der Waals surface area contributed by atoms with Gasteiger partial charge in [0.2, 0.25) is 6.54 Å². The zero-order valence-electron chi connectivity index (χ0n) is 28.7. The van der Waals surface area contributed by atoms with Crippen LogP contribution in [0.2, 0.25) is 0 Å². The number of anilines is 1. The van der Waals surface area contributed by atoms with Crippen molar-refractivity contribution in [3.63, 3.8) is 0 Å². The molecule has 256 valence electrons. The molecule has 2 aromatic heterocycles. The normalized spacial score (nSPS) is 18.0. The summed E-state index contributed by atoms with van der Waals surface area (Å²) in [5, 5.41) is 2.92. The number of amides is 1. The van der Waals surface area contributed by atoms with Crippen molar-refractivity contribution in [1.29, 1.82) is 0 Å². The number of likely N-dealkylation sites (N-methyl/N-ethyl adjacent to an activating group) is 1. The van der Waals surface area contributed by atoms with E-state index in [4.69, 9.17) is 35.7 Å². The van der Waals surface area contributed by atoms with Crippen LogP contribution < -0.4 is 14.4 Å². The number of piperazine rings is 1. The lowest BCUT2D eigenvalue weighted by Crippen LogP contribution is -2.56. The first-order valence-electron chi connectivity index (χ1n) is 17.1. The largest absolute Gasteiger partial charge is 0.492 e. The van der Waals surface area contributed by atoms with E-state index in [9.17, 15) is 4.79 Å². The van der Waals surface area contributed by atoms with Crippen molar-refractivity contribution in [1.82, 2.24) is 24.8 Å². The number of methoxy groups -OCH3 is 1. The molecule has 11 heteroatoms. The van der Waals surface area contributed by atoms with Gasteiger partial charge in [-0.3, -0.25) is 9.88 Å². The van der Waals surface area contributed by atoms with Crippen LogP contribution in [0.1, 0.15) is 24.0 Å². The highest BCUT2D eigenvalue weighted by atomic mass is 16.6. The van der Waals surface area contributed by atoms with E-state index < -0.39 is 12.1 Å². The summed E-state index contributed by atoms with van der Waals surface area (Å²) < 4.78 is 18.1. The van der Waals surface area contributed by atoms with Gasteiger partial charge in [-0.15, -0.1) is 0 Å². The minimum absolute atomic E-state index is 0.128. The standard InChI is InChI=1S/C39H41N7O4/c1-26-11-8-14-28-15-9-17-31(33(26)28)34-36(48-4)35-32(22-41-34)37(43-38(42-35)49-25-29-16-10-18-44(29)3)45-19-20-46(30(23-45)21-40-2)39(47)50-24-27-12-6-5-7-13-27/h5-9,11-15,17,22,29-30H,10,16,18-21,23-25H2,1,3-4H3/t29-,30-/m0/s1. The molecule has 0 radical (unpaired) electrons. The first-order valence-corrected chi connectivity index (χ1v) is 17.1. The quantitative estimate of drug-likeness (QED) is 0.165. The maximum atomic E-state index is 13.3. The lowest BCUT2D eigenvalue weighted by Gasteiger charge is -2.39. The Bertz CT molecular complexity index is 2050. The summed E-state index contributed by atoms with van der Waals surface area (Å²) in [5.41, 5.74) is 4.28. The number of hydrogen-bond donors (Lipinski definition) is 0. The molecule has 0 spiro atoms. The Labute approximate surface area is 292 Å². The number of nitrogens with zero attached hydrogens (tertiary/aromatic N) is 7. The van der Waals surface area contributed by atoms with Crippen molar-refractivity contribution in [3.8, 4) is 23.0 Å². The van der Waals surface area contributed by atoms with Crippen molar-refractivity contribution < 1.29 is 19.0 Å². The van der Waals surface area contributed by atoms with Gasteiger partial charge in [0.1, 0.15) is 36.3 Å². The van der Waals surface area contributed by atoms with Crippen LogP contribution in [0, 0.1) is 13.5 Å². The third kappa shape index (κ3) is 6.59. The molecule has 2 fully saturated rings. The van der Waals surface area contributed by atoms with Crippen molar-refractivity contribution >= 4 is 33.6 Å². The number of likely N-dealkylation sites (tertiary alicyclic amines) is 1. The van der Waals surface area contributed by atoms with Gasteiger partial charge in [-0.1, -0.05) is 66.7 Å². The van der Waals surface area contributed by atoms with E-state index in [2.05, 4.69) is 58.9 Å². The first-order chi connectivity index (χ1) is 24.4. The van der Waals surface area contributed by atoms with Crippen LogP contribution in [0.3, 0.4) is 0 Å². The Kier molecular flexibility index (Phi) is 9.63. The summed E-state index contributed by atoms with van der Waals surface area (Å²) in [5.74, 6) is 1.16. The van der Waals surface area contributed by atoms with E-state index in [-0.39, 0.29) is 25.2 Å². The summed E-state index contributed by atoms with van der Waals surface area (Å²) in [4.78, 5) is 37.9. The number of aryl methyl sites for hydroxylation is 1. The molecule has 0 N–H and O–H groups in total. The molecule has 1 amide bonds. The molecular formula is C39H41N7O4. The maximum Gasteiger partial charge on any atom is 0.410 e. The topological polar surface area (TPSA) is 97.5 Å². The van der Waals surface area contributed by atoms with E-state index in [0.717, 1.165) is 46.8 Å². The number of ether oxygens (including phenoxy) is 3. The molecule has 2 aliphatic rings. The summed E-state index contributed by atoms with van der Waals surface area (Å²) in [6.45, 7) is 12.8. The predicted octanol–water partition coefficient (Wildman–Crippen LogP) is 6.38. The molecule has 11 nitrogen and oxygen atoms in total. The number of fused-ring (bicyclic) bond motifs is 2. The summed E-state index contributed by atoms with van der Waals surface area (Å²) in [6, 6.07) is 22.2. The predicted molar refractivity (Wildman–Crippen MR) is 194 cm³/mol. The molecular weight excluding hydrogens is 630 g/mol. The highest BCUT2D eigenvalue weighted by molar-refractivity contribution is 6.03. The summed E-state index contributed by atoms with van der Waals surface area (Å²) >= 11 is 0. The Morgan fingerprint density at radius 3 is 2.58 bits per heavy atom. The van der Waals surface area contributed by atoms with E-state index in [1.165, 1.54) is 0 Å². The minimum Gasteiger partial charge on any atom is -0.492 e. The second kappa shape index (κ2) is 14.6. The van der Waals surface area contributed by atoms with Gasteiger partial charge in [-0.05, 0) is 55.3 Å². The van der Waals surface area contributed by atoms with Crippen molar-refractivity contribution in [2.24, 2.45) is 0 Å². The maximum absolute atomic E-state index is 13.3. The van der Waals surface area contributed by atoms with Gasteiger partial charge in [0.15, 0.2) is 5.75 Å². The molecule has 50 heavy (non-hydrogen) atoms. The molecule has 2 atom stereocenters. The van der Waals surface area contributed by atoms with Crippen LogP contribution in [-0.2, 0) is 11.3 Å². The van der Waals surface area contributed by atoms with E-state index >= 15 is 0 Å². The molecule has 0 unspecified atom stereocenters. The summed E-state index contributed by atoms with van der Waals surface area (Å²) in [7, 11) is 3.75. The van der Waals surface area contributed by atoms with Crippen LogP contribution in [0.25, 0.3) is 37.8 Å². The Balaban J connectivity index is 1.26. The Hall–Kier alpha value is -5.47. The van der Waals surface area contributed by atoms with Gasteiger partial charge in [0.25, 0.3) is 0 Å². The average Bonchev–Trinajstić information content (AvgIpc) is 3.56. The van der Waals surface area contributed by atoms with E-state index in [1.807, 2.05) is 36.4 Å². The van der Waals surface area contributed by atoms with Gasteiger partial charge >= 0.3 is 12.1 Å². The molecule has 2 aliphatic heterocycles. The minimum atomic E-state index is -0.433. The number of benzene rings is 3. The number of aromatic nitrogens is 3. The smallest absolute Gasteiger partial charge is 0.410 e. The molecule has 0 saturated carbocycles. The highest BCUT2D eigenvalue weighted by Crippen LogP contribution is 2.41. The lowest BCUT2D eigenvalue weighted by molar-refractivity contribution is 0.0788. The fourth-order valence-corrected chi connectivity index (χ4v) is 7.16. The van der Waals surface area contributed by atoms with Gasteiger partial charge in [-0.25, -0.2) is 11.4 Å². The van der Waals surface area contributed by atoms with Crippen LogP contribution >= 0.6 is 0 Å². The SMILES string of the molecule is [C-]#[N+]C[C@H]1CN(c2nc(OC[C@@H]3CCCN3C)nc3c(OC)c(-c4cccc5cccc(C)c45)ncc23)CCN1C(=O)OCc1ccccc1. The van der Waals surface area contributed by atoms with Crippen molar-refractivity contribution in [2.75, 3.05) is 58.4 Å². The van der Waals surface area contributed by atoms with E-state index in [1.54, 1.807) is 18.2 Å². The third-order valence-corrected chi connectivity index (χ3v) is 9.83. The molecule has 2 saturated heterocycles. The molecule has 0 bridgehead atoms. The van der Waals surface area contributed by atoms with Crippen molar-refractivity contribution in [3.05, 3.63) is 95.5 Å². The molecule has 5 aromatic rings. The summed E-state index contributed by atoms with van der Waals surface area (Å²) in [6.07, 6.45) is 3.55. The average molecular weight is 672 g/mol. The first kappa shape index (κ1) is 33.0. The van der Waals surface area contributed by atoms with Crippen LogP contribution in [0.15, 0.2) is 72.9 Å². The van der Waals surface area contributed by atoms with Crippen LogP contribution in [0.4, 0.5) is 10.6 Å². The molecule has 0 aliphatic carbocycles. The molecule has 3 aromatic carbocycles. The van der Waals surface area contributed by atoms with Gasteiger partial charge < -0.3 is 28.9 Å². The third-order valence-electron chi connectivity index (χ3n) is 9.83. The number of pyridine rings is 1. The highest BCUT2D eigenvalue weighted by Gasteiger charge is 2.35. The number of rotatable bonds is 9. The Morgan fingerprint density at radius 1 is 1.00 bits per heavy atom.